The lowest BCUT2D eigenvalue weighted by molar-refractivity contribution is 0.116. The molecule has 3 rings (SSSR count). The van der Waals surface area contributed by atoms with E-state index < -0.39 is 0 Å². The minimum Gasteiger partial charge on any atom is -0.377 e. The molecule has 1 aliphatic heterocycles. The number of hydrogen-bond acceptors (Lipinski definition) is 2. The fourth-order valence-corrected chi connectivity index (χ4v) is 3.77. The maximum atomic E-state index is 5.86. The molecule has 1 aliphatic rings. The number of nitrogens with one attached hydrogen (secondary N) is 1. The SMILES string of the molecule is c1ccc(-c2ccc(COCCCCCC3CCCCNC3)cc2)cc1. The minimum absolute atomic E-state index is 0.724. The van der Waals surface area contributed by atoms with Crippen molar-refractivity contribution in [2.45, 2.75) is 51.6 Å². The number of benzene rings is 2. The van der Waals surface area contributed by atoms with Crippen LogP contribution in [0.15, 0.2) is 54.6 Å². The van der Waals surface area contributed by atoms with E-state index in [1.165, 1.54) is 74.7 Å². The summed E-state index contributed by atoms with van der Waals surface area (Å²) in [7, 11) is 0. The molecule has 0 saturated carbocycles. The predicted molar refractivity (Wildman–Crippen MR) is 110 cm³/mol. The fraction of sp³-hybridized carbons (Fsp3) is 0.500. The zero-order chi connectivity index (χ0) is 17.9. The third-order valence-electron chi connectivity index (χ3n) is 5.38. The maximum absolute atomic E-state index is 5.86. The van der Waals surface area contributed by atoms with Crippen molar-refractivity contribution in [1.29, 1.82) is 0 Å². The Labute approximate surface area is 159 Å². The van der Waals surface area contributed by atoms with E-state index >= 15 is 0 Å². The number of hydrogen-bond donors (Lipinski definition) is 1. The molecule has 0 amide bonds. The molecule has 0 radical (unpaired) electrons. The largest absolute Gasteiger partial charge is 0.377 e. The van der Waals surface area contributed by atoms with E-state index in [9.17, 15) is 0 Å². The van der Waals surface area contributed by atoms with Crippen molar-refractivity contribution in [1.82, 2.24) is 5.32 Å². The Hall–Kier alpha value is -1.64. The summed E-state index contributed by atoms with van der Waals surface area (Å²) in [5.74, 6) is 0.904. The van der Waals surface area contributed by atoms with Gasteiger partial charge in [-0.15, -0.1) is 0 Å². The van der Waals surface area contributed by atoms with E-state index in [4.69, 9.17) is 4.74 Å². The molecule has 1 N–H and O–H groups in total. The Kier molecular flexibility index (Phi) is 8.21. The highest BCUT2D eigenvalue weighted by Crippen LogP contribution is 2.20. The second-order valence-electron chi connectivity index (χ2n) is 7.53. The average molecular weight is 352 g/mol. The van der Waals surface area contributed by atoms with Gasteiger partial charge < -0.3 is 10.1 Å². The number of unbranched alkanes of at least 4 members (excludes halogenated alkanes) is 2. The first-order chi connectivity index (χ1) is 12.9. The normalized spacial score (nSPS) is 17.8. The van der Waals surface area contributed by atoms with E-state index in [1.807, 2.05) is 0 Å². The molecule has 1 fully saturated rings. The van der Waals surface area contributed by atoms with Crippen molar-refractivity contribution in [3.8, 4) is 11.1 Å². The Balaban J connectivity index is 1.27. The third kappa shape index (κ3) is 6.59. The summed E-state index contributed by atoms with van der Waals surface area (Å²) < 4.78 is 5.86. The first-order valence-electron chi connectivity index (χ1n) is 10.3. The second kappa shape index (κ2) is 11.2. The molecule has 1 heterocycles. The Morgan fingerprint density at radius 2 is 1.65 bits per heavy atom. The first kappa shape index (κ1) is 19.1. The molecule has 2 heteroatoms. The molecule has 1 saturated heterocycles. The van der Waals surface area contributed by atoms with Crippen molar-refractivity contribution in [2.75, 3.05) is 19.7 Å². The van der Waals surface area contributed by atoms with Gasteiger partial charge in [0.05, 0.1) is 6.61 Å². The van der Waals surface area contributed by atoms with Gasteiger partial charge in [-0.05, 0) is 61.4 Å². The lowest BCUT2D eigenvalue weighted by atomic mass is 9.96. The van der Waals surface area contributed by atoms with Crippen LogP contribution in [0.25, 0.3) is 11.1 Å². The number of ether oxygens (including phenoxy) is 1. The van der Waals surface area contributed by atoms with Gasteiger partial charge in [0.1, 0.15) is 0 Å². The molecule has 140 valence electrons. The van der Waals surface area contributed by atoms with Crippen LogP contribution in [-0.2, 0) is 11.3 Å². The van der Waals surface area contributed by atoms with Crippen molar-refractivity contribution in [3.05, 3.63) is 60.2 Å². The van der Waals surface area contributed by atoms with Gasteiger partial charge in [-0.3, -0.25) is 0 Å². The predicted octanol–water partition coefficient (Wildman–Crippen LogP) is 5.82. The van der Waals surface area contributed by atoms with Crippen LogP contribution in [0.3, 0.4) is 0 Å². The van der Waals surface area contributed by atoms with Gasteiger partial charge in [-0.1, -0.05) is 73.9 Å². The van der Waals surface area contributed by atoms with Crippen LogP contribution in [0.2, 0.25) is 0 Å². The monoisotopic (exact) mass is 351 g/mol. The lowest BCUT2D eigenvalue weighted by Gasteiger charge is -2.13. The van der Waals surface area contributed by atoms with Crippen molar-refractivity contribution >= 4 is 0 Å². The Bertz CT molecular complexity index is 600. The van der Waals surface area contributed by atoms with Crippen molar-refractivity contribution < 1.29 is 4.74 Å². The van der Waals surface area contributed by atoms with Gasteiger partial charge in [0.25, 0.3) is 0 Å². The minimum atomic E-state index is 0.724. The van der Waals surface area contributed by atoms with Crippen LogP contribution in [-0.4, -0.2) is 19.7 Å². The van der Waals surface area contributed by atoms with Crippen LogP contribution in [0.1, 0.15) is 50.5 Å². The maximum Gasteiger partial charge on any atom is 0.0716 e. The standard InChI is InChI=1S/C24H33NO/c1-4-11-23(12-5-1)24-15-13-22(14-16-24)20-26-18-8-2-3-9-21-10-6-7-17-25-19-21/h1,4-5,11-16,21,25H,2-3,6-10,17-20H2. The molecular weight excluding hydrogens is 318 g/mol. The summed E-state index contributed by atoms with van der Waals surface area (Å²) in [6.45, 7) is 4.05. The summed E-state index contributed by atoms with van der Waals surface area (Å²) in [5, 5.41) is 3.57. The average Bonchev–Trinajstić information content (AvgIpc) is 2.97. The molecule has 1 unspecified atom stereocenters. The zero-order valence-corrected chi connectivity index (χ0v) is 16.0. The Morgan fingerprint density at radius 3 is 2.50 bits per heavy atom. The van der Waals surface area contributed by atoms with Gasteiger partial charge in [-0.25, -0.2) is 0 Å². The van der Waals surface area contributed by atoms with Crippen LogP contribution < -0.4 is 5.32 Å². The van der Waals surface area contributed by atoms with Crippen LogP contribution >= 0.6 is 0 Å². The second-order valence-corrected chi connectivity index (χ2v) is 7.53. The van der Waals surface area contributed by atoms with Gasteiger partial charge in [0, 0.05) is 6.61 Å². The van der Waals surface area contributed by atoms with Gasteiger partial charge in [0.2, 0.25) is 0 Å². The summed E-state index contributed by atoms with van der Waals surface area (Å²) in [4.78, 5) is 0. The smallest absolute Gasteiger partial charge is 0.0716 e. The third-order valence-corrected chi connectivity index (χ3v) is 5.38. The highest BCUT2D eigenvalue weighted by molar-refractivity contribution is 5.63. The highest BCUT2D eigenvalue weighted by Gasteiger charge is 2.10. The van der Waals surface area contributed by atoms with Crippen LogP contribution in [0, 0.1) is 5.92 Å². The molecule has 0 aliphatic carbocycles. The quantitative estimate of drug-likeness (QED) is 0.575. The van der Waals surface area contributed by atoms with Crippen LogP contribution in [0.5, 0.6) is 0 Å². The van der Waals surface area contributed by atoms with E-state index in [1.54, 1.807) is 0 Å². The van der Waals surface area contributed by atoms with E-state index in [-0.39, 0.29) is 0 Å². The molecule has 2 nitrogen and oxygen atoms in total. The molecule has 2 aromatic rings. The summed E-state index contributed by atoms with van der Waals surface area (Å²) in [6.07, 6.45) is 9.39. The summed E-state index contributed by atoms with van der Waals surface area (Å²) in [5.41, 5.74) is 3.79. The Morgan fingerprint density at radius 1 is 0.846 bits per heavy atom. The van der Waals surface area contributed by atoms with E-state index in [2.05, 4.69) is 59.9 Å². The highest BCUT2D eigenvalue weighted by atomic mass is 16.5. The molecule has 2 aromatic carbocycles. The van der Waals surface area contributed by atoms with Crippen molar-refractivity contribution in [2.24, 2.45) is 5.92 Å². The zero-order valence-electron chi connectivity index (χ0n) is 16.0. The fourth-order valence-electron chi connectivity index (χ4n) is 3.77. The van der Waals surface area contributed by atoms with Crippen LogP contribution in [0.4, 0.5) is 0 Å². The molecular formula is C24H33NO. The van der Waals surface area contributed by atoms with Gasteiger partial charge in [-0.2, -0.15) is 0 Å². The molecule has 0 aromatic heterocycles. The summed E-state index contributed by atoms with van der Waals surface area (Å²) in [6, 6.07) is 19.3. The molecule has 26 heavy (non-hydrogen) atoms. The van der Waals surface area contributed by atoms with Gasteiger partial charge in [0.15, 0.2) is 0 Å². The van der Waals surface area contributed by atoms with Gasteiger partial charge >= 0.3 is 0 Å². The van der Waals surface area contributed by atoms with Crippen molar-refractivity contribution in [3.63, 3.8) is 0 Å². The molecule has 0 spiro atoms. The molecule has 1 atom stereocenters. The molecule has 0 bridgehead atoms. The van der Waals surface area contributed by atoms with E-state index in [0.29, 0.717) is 0 Å². The van der Waals surface area contributed by atoms with E-state index in [0.717, 1.165) is 19.1 Å². The summed E-state index contributed by atoms with van der Waals surface area (Å²) >= 11 is 0. The topological polar surface area (TPSA) is 21.3 Å². The lowest BCUT2D eigenvalue weighted by Crippen LogP contribution is -2.20. The number of rotatable bonds is 9. The first-order valence-corrected chi connectivity index (χ1v) is 10.3.